The molecule has 0 radical (unpaired) electrons. The van der Waals surface area contributed by atoms with Crippen molar-refractivity contribution in [3.8, 4) is 28.1 Å². The summed E-state index contributed by atoms with van der Waals surface area (Å²) in [6.07, 6.45) is 6.29. The Hall–Kier alpha value is -3.04. The molecule has 2 aliphatic heterocycles. The first-order valence-electron chi connectivity index (χ1n) is 9.95. The predicted molar refractivity (Wildman–Crippen MR) is 110 cm³/mol. The number of hydrogen-bond donors (Lipinski definition) is 3. The fourth-order valence-electron chi connectivity index (χ4n) is 4.27. The summed E-state index contributed by atoms with van der Waals surface area (Å²) >= 11 is 0. The van der Waals surface area contributed by atoms with Crippen LogP contribution in [0.25, 0.3) is 22.4 Å². The molecule has 3 N–H and O–H groups in total. The van der Waals surface area contributed by atoms with Crippen molar-refractivity contribution in [3.05, 3.63) is 43.0 Å². The number of halogens is 1. The van der Waals surface area contributed by atoms with Crippen LogP contribution >= 0.6 is 0 Å². The van der Waals surface area contributed by atoms with Crippen LogP contribution in [0, 0.1) is 0 Å². The topological polar surface area (TPSA) is 99.2 Å². The van der Waals surface area contributed by atoms with Gasteiger partial charge in [-0.05, 0) is 24.1 Å². The number of morpholine rings is 1. The number of H-pyrrole nitrogens is 1. The van der Waals surface area contributed by atoms with Crippen molar-refractivity contribution < 1.29 is 14.2 Å². The molecule has 3 aromatic rings. The van der Waals surface area contributed by atoms with Gasteiger partial charge in [-0.3, -0.25) is 10.1 Å². The molecule has 0 aliphatic carbocycles. The highest BCUT2D eigenvalue weighted by molar-refractivity contribution is 5.73. The Morgan fingerprint density at radius 1 is 1.17 bits per heavy atom. The van der Waals surface area contributed by atoms with Crippen LogP contribution in [0.15, 0.2) is 43.0 Å². The molecule has 2 aromatic heterocycles. The average molecular weight is 410 g/mol. The normalized spacial score (nSPS) is 25.8. The van der Waals surface area contributed by atoms with Gasteiger partial charge in [0.25, 0.3) is 0 Å². The van der Waals surface area contributed by atoms with Crippen molar-refractivity contribution in [3.63, 3.8) is 0 Å². The number of phenolic OH excluding ortho intramolecular Hbond substituents is 1. The standard InChI is InChI=1S/C21H23FN6O2/c1-28(18-5-14-10-30-11-17(27-14)21(18)22)20-9-23-16(8-24-20)15-3-2-12(4-19(15)29)13-6-25-26-7-13/h2-4,6-9,14,17-18,21,27,29H,5,10-11H2,1H3,(H,25,26)/t14?,17?,18-,21+/m0/s1. The molecule has 1 aromatic carbocycles. The number of nitrogens with zero attached hydrogens (tertiary/aromatic N) is 4. The Bertz CT molecular complexity index is 1010. The third kappa shape index (κ3) is 3.40. The Kier molecular flexibility index (Phi) is 4.84. The molecule has 2 unspecified atom stereocenters. The second-order valence-corrected chi connectivity index (χ2v) is 7.84. The van der Waals surface area contributed by atoms with E-state index in [4.69, 9.17) is 4.74 Å². The fraction of sp³-hybridized carbons (Fsp3) is 0.381. The number of alkyl halides is 1. The van der Waals surface area contributed by atoms with Crippen LogP contribution in [0.4, 0.5) is 10.2 Å². The van der Waals surface area contributed by atoms with Crippen LogP contribution in [0.3, 0.4) is 0 Å². The molecular formula is C21H23FN6O2. The van der Waals surface area contributed by atoms with E-state index in [9.17, 15) is 9.50 Å². The van der Waals surface area contributed by atoms with E-state index in [1.807, 2.05) is 18.0 Å². The number of nitrogens with one attached hydrogen (secondary N) is 2. The molecule has 2 saturated heterocycles. The summed E-state index contributed by atoms with van der Waals surface area (Å²) in [6.45, 7) is 0.993. The Morgan fingerprint density at radius 2 is 2.07 bits per heavy atom. The van der Waals surface area contributed by atoms with Crippen LogP contribution in [-0.2, 0) is 4.74 Å². The summed E-state index contributed by atoms with van der Waals surface area (Å²) in [5, 5.41) is 20.5. The molecule has 5 rings (SSSR count). The van der Waals surface area contributed by atoms with E-state index in [0.717, 1.165) is 11.1 Å². The first-order chi connectivity index (χ1) is 14.6. The molecule has 156 valence electrons. The van der Waals surface area contributed by atoms with Crippen LogP contribution in [0.1, 0.15) is 6.42 Å². The van der Waals surface area contributed by atoms with E-state index in [-0.39, 0.29) is 23.9 Å². The van der Waals surface area contributed by atoms with Crippen molar-refractivity contribution in [2.45, 2.75) is 30.7 Å². The lowest BCUT2D eigenvalue weighted by atomic mass is 9.90. The maximum Gasteiger partial charge on any atom is 0.147 e. The number of aromatic nitrogens is 4. The van der Waals surface area contributed by atoms with Gasteiger partial charge in [0.15, 0.2) is 0 Å². The van der Waals surface area contributed by atoms with Crippen LogP contribution in [-0.4, -0.2) is 69.8 Å². The largest absolute Gasteiger partial charge is 0.507 e. The number of piperidine rings is 1. The maximum atomic E-state index is 14.9. The molecule has 9 heteroatoms. The maximum absolute atomic E-state index is 14.9. The van der Waals surface area contributed by atoms with Crippen LogP contribution < -0.4 is 10.2 Å². The van der Waals surface area contributed by atoms with Gasteiger partial charge in [0.1, 0.15) is 17.7 Å². The number of ether oxygens (including phenoxy) is 1. The van der Waals surface area contributed by atoms with Gasteiger partial charge < -0.3 is 20.1 Å². The van der Waals surface area contributed by atoms with Crippen LogP contribution in [0.5, 0.6) is 5.75 Å². The first-order valence-corrected chi connectivity index (χ1v) is 9.95. The second-order valence-electron chi connectivity index (χ2n) is 7.84. The van der Waals surface area contributed by atoms with E-state index >= 15 is 0 Å². The summed E-state index contributed by atoms with van der Waals surface area (Å²) in [7, 11) is 1.85. The lowest BCUT2D eigenvalue weighted by Crippen LogP contribution is -2.65. The monoisotopic (exact) mass is 410 g/mol. The van der Waals surface area contributed by atoms with Crippen molar-refractivity contribution in [1.29, 1.82) is 0 Å². The highest BCUT2D eigenvalue weighted by Gasteiger charge is 2.42. The second kappa shape index (κ2) is 7.66. The van der Waals surface area contributed by atoms with Gasteiger partial charge in [-0.1, -0.05) is 6.07 Å². The summed E-state index contributed by atoms with van der Waals surface area (Å²) in [5.41, 5.74) is 2.87. The summed E-state index contributed by atoms with van der Waals surface area (Å²) < 4.78 is 20.4. The highest BCUT2D eigenvalue weighted by atomic mass is 19.1. The van der Waals surface area contributed by atoms with Gasteiger partial charge in [0, 0.05) is 30.4 Å². The number of aromatic amines is 1. The van der Waals surface area contributed by atoms with E-state index in [1.54, 1.807) is 36.9 Å². The Labute approximate surface area is 173 Å². The third-order valence-electron chi connectivity index (χ3n) is 5.95. The molecule has 2 bridgehead atoms. The molecule has 2 fully saturated rings. The van der Waals surface area contributed by atoms with E-state index < -0.39 is 6.17 Å². The highest BCUT2D eigenvalue weighted by Crippen LogP contribution is 2.33. The lowest BCUT2D eigenvalue weighted by Gasteiger charge is -2.45. The smallest absolute Gasteiger partial charge is 0.147 e. The fourth-order valence-corrected chi connectivity index (χ4v) is 4.27. The minimum atomic E-state index is -1.05. The number of phenols is 1. The number of anilines is 1. The summed E-state index contributed by atoms with van der Waals surface area (Å²) in [4.78, 5) is 10.8. The minimum absolute atomic E-state index is 0.110. The van der Waals surface area contributed by atoms with Crippen molar-refractivity contribution in [2.24, 2.45) is 0 Å². The van der Waals surface area contributed by atoms with Crippen molar-refractivity contribution in [1.82, 2.24) is 25.5 Å². The molecule has 4 atom stereocenters. The number of fused-ring (bicyclic) bond motifs is 2. The molecule has 0 spiro atoms. The number of hydrogen-bond acceptors (Lipinski definition) is 7. The van der Waals surface area contributed by atoms with Crippen molar-refractivity contribution >= 4 is 5.82 Å². The average Bonchev–Trinajstić information content (AvgIpc) is 3.31. The SMILES string of the molecule is CN(c1cnc(-c2ccc(-c3cn[nH]c3)cc2O)cn1)[C@H]1CC2COCC(N2)[C@H]1F. The predicted octanol–water partition coefficient (Wildman–Crippen LogP) is 2.14. The van der Waals surface area contributed by atoms with Gasteiger partial charge in [0.05, 0.1) is 49.6 Å². The third-order valence-corrected chi connectivity index (χ3v) is 5.95. The van der Waals surface area contributed by atoms with E-state index in [1.165, 1.54) is 0 Å². The molecular weight excluding hydrogens is 387 g/mol. The Balaban J connectivity index is 1.35. The molecule has 4 heterocycles. The number of aromatic hydroxyl groups is 1. The summed E-state index contributed by atoms with van der Waals surface area (Å²) in [5.74, 6) is 0.709. The van der Waals surface area contributed by atoms with Gasteiger partial charge in [-0.25, -0.2) is 9.37 Å². The quantitative estimate of drug-likeness (QED) is 0.606. The van der Waals surface area contributed by atoms with E-state index in [2.05, 4.69) is 25.5 Å². The minimum Gasteiger partial charge on any atom is -0.507 e. The van der Waals surface area contributed by atoms with Gasteiger partial charge in [-0.15, -0.1) is 0 Å². The first kappa shape index (κ1) is 19.0. The molecule has 0 saturated carbocycles. The number of benzene rings is 1. The Morgan fingerprint density at radius 3 is 2.80 bits per heavy atom. The van der Waals surface area contributed by atoms with E-state index in [0.29, 0.717) is 36.7 Å². The van der Waals surface area contributed by atoms with Gasteiger partial charge >= 0.3 is 0 Å². The van der Waals surface area contributed by atoms with Crippen molar-refractivity contribution in [2.75, 3.05) is 25.2 Å². The zero-order valence-corrected chi connectivity index (χ0v) is 16.5. The van der Waals surface area contributed by atoms with Gasteiger partial charge in [0.2, 0.25) is 0 Å². The lowest BCUT2D eigenvalue weighted by molar-refractivity contribution is -0.0175. The zero-order valence-electron chi connectivity index (χ0n) is 16.5. The number of rotatable bonds is 4. The van der Waals surface area contributed by atoms with Crippen LogP contribution in [0.2, 0.25) is 0 Å². The molecule has 0 amide bonds. The van der Waals surface area contributed by atoms with Gasteiger partial charge in [-0.2, -0.15) is 5.10 Å². The zero-order chi connectivity index (χ0) is 20.7. The molecule has 8 nitrogen and oxygen atoms in total. The molecule has 30 heavy (non-hydrogen) atoms. The summed E-state index contributed by atoms with van der Waals surface area (Å²) in [6, 6.07) is 4.95. The molecule has 2 aliphatic rings.